The average molecular weight is 363 g/mol. The third-order valence-corrected chi connectivity index (χ3v) is 4.90. The van der Waals surface area contributed by atoms with Gasteiger partial charge in [-0.2, -0.15) is 0 Å². The largest absolute Gasteiger partial charge is 1.00 e. The zero-order valence-electron chi connectivity index (χ0n) is 12.8. The number of ether oxygens (including phenoxy) is 2. The second kappa shape index (κ2) is 7.42. The molecule has 1 aromatic carbocycles. The SMILES string of the molecule is CN(CC1COc2cscc2O1)c1ccc(S(=O)(=O)[O-])cc1.[Na+]. The first-order valence-electron chi connectivity index (χ1n) is 6.56. The van der Waals surface area contributed by atoms with Gasteiger partial charge in [-0.25, -0.2) is 8.42 Å². The molecule has 9 heteroatoms. The molecule has 1 unspecified atom stereocenters. The summed E-state index contributed by atoms with van der Waals surface area (Å²) in [4.78, 5) is 1.69. The molecule has 0 saturated heterocycles. The van der Waals surface area contributed by atoms with Gasteiger partial charge in [-0.1, -0.05) is 0 Å². The van der Waals surface area contributed by atoms with Crippen LogP contribution in [0.15, 0.2) is 39.9 Å². The van der Waals surface area contributed by atoms with Gasteiger partial charge in [-0.15, -0.1) is 11.3 Å². The fourth-order valence-electron chi connectivity index (χ4n) is 2.23. The van der Waals surface area contributed by atoms with Crippen LogP contribution >= 0.6 is 11.3 Å². The minimum atomic E-state index is -4.41. The van der Waals surface area contributed by atoms with E-state index in [4.69, 9.17) is 9.47 Å². The van der Waals surface area contributed by atoms with E-state index < -0.39 is 10.1 Å². The molecule has 0 N–H and O–H groups in total. The van der Waals surface area contributed by atoms with Crippen molar-refractivity contribution in [2.45, 2.75) is 11.0 Å². The Bertz CT molecular complexity index is 760. The Morgan fingerprint density at radius 3 is 2.57 bits per heavy atom. The van der Waals surface area contributed by atoms with Gasteiger partial charge in [-0.3, -0.25) is 0 Å². The maximum absolute atomic E-state index is 10.9. The van der Waals surface area contributed by atoms with Crippen LogP contribution < -0.4 is 43.9 Å². The molecule has 0 fully saturated rings. The molecular weight excluding hydrogens is 349 g/mol. The smallest absolute Gasteiger partial charge is 0.744 e. The Kier molecular flexibility index (Phi) is 5.99. The summed E-state index contributed by atoms with van der Waals surface area (Å²) in [5.74, 6) is 1.52. The van der Waals surface area contributed by atoms with Gasteiger partial charge in [-0.05, 0) is 24.3 Å². The Morgan fingerprint density at radius 1 is 1.26 bits per heavy atom. The van der Waals surface area contributed by atoms with Crippen molar-refractivity contribution >= 4 is 27.1 Å². The molecule has 0 amide bonds. The van der Waals surface area contributed by atoms with Crippen LogP contribution in [0.3, 0.4) is 0 Å². The molecule has 3 rings (SSSR count). The molecule has 0 spiro atoms. The van der Waals surface area contributed by atoms with Gasteiger partial charge in [0.15, 0.2) is 17.6 Å². The molecule has 0 saturated carbocycles. The van der Waals surface area contributed by atoms with Crippen molar-refractivity contribution in [2.75, 3.05) is 25.1 Å². The van der Waals surface area contributed by atoms with Gasteiger partial charge < -0.3 is 18.9 Å². The molecule has 0 aliphatic carbocycles. The zero-order chi connectivity index (χ0) is 15.7. The number of nitrogens with zero attached hydrogens (tertiary/aromatic N) is 1. The van der Waals surface area contributed by atoms with E-state index in [1.54, 1.807) is 12.1 Å². The van der Waals surface area contributed by atoms with Crippen LogP contribution in [0.2, 0.25) is 0 Å². The van der Waals surface area contributed by atoms with E-state index >= 15 is 0 Å². The molecule has 0 bridgehead atoms. The van der Waals surface area contributed by atoms with Crippen molar-refractivity contribution < 1.29 is 52.0 Å². The molecule has 23 heavy (non-hydrogen) atoms. The van der Waals surface area contributed by atoms with Gasteiger partial charge in [0.25, 0.3) is 0 Å². The first kappa shape index (κ1) is 18.6. The monoisotopic (exact) mass is 363 g/mol. The van der Waals surface area contributed by atoms with Crippen LogP contribution in [-0.2, 0) is 10.1 Å². The molecule has 6 nitrogen and oxygen atoms in total. The second-order valence-corrected chi connectivity index (χ2v) is 7.10. The van der Waals surface area contributed by atoms with Crippen LogP contribution in [0, 0.1) is 0 Å². The number of hydrogen-bond donors (Lipinski definition) is 0. The molecule has 0 radical (unpaired) electrons. The van der Waals surface area contributed by atoms with E-state index in [2.05, 4.69) is 0 Å². The number of hydrogen-bond acceptors (Lipinski definition) is 7. The van der Waals surface area contributed by atoms with E-state index in [-0.39, 0.29) is 40.6 Å². The second-order valence-electron chi connectivity index (χ2n) is 4.98. The van der Waals surface area contributed by atoms with E-state index in [0.717, 1.165) is 17.2 Å². The summed E-state index contributed by atoms with van der Waals surface area (Å²) in [6.45, 7) is 1.04. The summed E-state index contributed by atoms with van der Waals surface area (Å²) < 4.78 is 44.2. The third-order valence-electron chi connectivity index (χ3n) is 3.36. The van der Waals surface area contributed by atoms with Crippen LogP contribution in [0.4, 0.5) is 5.69 Å². The fraction of sp³-hybridized carbons (Fsp3) is 0.286. The van der Waals surface area contributed by atoms with Crippen molar-refractivity contribution in [3.8, 4) is 11.5 Å². The van der Waals surface area contributed by atoms with Gasteiger partial charge in [0.05, 0.1) is 11.4 Å². The van der Waals surface area contributed by atoms with Crippen molar-refractivity contribution in [3.63, 3.8) is 0 Å². The van der Waals surface area contributed by atoms with Gasteiger partial charge in [0.2, 0.25) is 0 Å². The summed E-state index contributed by atoms with van der Waals surface area (Å²) in [5, 5.41) is 3.80. The minimum Gasteiger partial charge on any atom is -0.744 e. The Hall–Kier alpha value is -0.770. The third kappa shape index (κ3) is 4.40. The number of anilines is 1. The summed E-state index contributed by atoms with van der Waals surface area (Å²) >= 11 is 1.53. The normalized spacial score (nSPS) is 16.5. The number of thiophene rings is 1. The maximum Gasteiger partial charge on any atom is 1.00 e. The van der Waals surface area contributed by atoms with Crippen LogP contribution in [-0.4, -0.2) is 39.3 Å². The molecule has 2 heterocycles. The van der Waals surface area contributed by atoms with Crippen LogP contribution in [0.1, 0.15) is 0 Å². The fourth-order valence-corrected chi connectivity index (χ4v) is 3.37. The predicted octanol–water partition coefficient (Wildman–Crippen LogP) is -1.07. The van der Waals surface area contributed by atoms with E-state index in [9.17, 15) is 13.0 Å². The van der Waals surface area contributed by atoms with Crippen molar-refractivity contribution in [1.29, 1.82) is 0 Å². The molecule has 2 aromatic rings. The Balaban J connectivity index is 0.00000192. The summed E-state index contributed by atoms with van der Waals surface area (Å²) in [6.07, 6.45) is -0.116. The first-order chi connectivity index (χ1) is 10.4. The van der Waals surface area contributed by atoms with Gasteiger partial charge in [0, 0.05) is 23.5 Å². The van der Waals surface area contributed by atoms with Crippen molar-refractivity contribution in [3.05, 3.63) is 35.0 Å². The van der Waals surface area contributed by atoms with Crippen molar-refractivity contribution in [2.24, 2.45) is 0 Å². The van der Waals surface area contributed by atoms with E-state index in [0.29, 0.717) is 13.2 Å². The Morgan fingerprint density at radius 2 is 1.91 bits per heavy atom. The standard InChI is InChI=1S/C14H15NO5S2.Na/c1-15(10-2-4-12(5-3-10)22(16,17)18)6-11-7-19-13-8-21-9-14(13)20-11;/h2-5,8-9,11H,6-7H2,1H3,(H,16,17,18);/q;+1/p-1. The Labute approximate surface area is 161 Å². The van der Waals surface area contributed by atoms with Crippen molar-refractivity contribution in [1.82, 2.24) is 0 Å². The van der Waals surface area contributed by atoms with Gasteiger partial charge >= 0.3 is 29.6 Å². The topological polar surface area (TPSA) is 78.9 Å². The summed E-state index contributed by atoms with van der Waals surface area (Å²) in [7, 11) is -2.54. The summed E-state index contributed by atoms with van der Waals surface area (Å²) in [5.41, 5.74) is 0.798. The molecule has 1 aliphatic heterocycles. The molecule has 1 aliphatic rings. The molecule has 1 atom stereocenters. The van der Waals surface area contributed by atoms with E-state index in [1.807, 2.05) is 22.7 Å². The molecule has 118 valence electrons. The zero-order valence-corrected chi connectivity index (χ0v) is 16.4. The number of rotatable bonds is 4. The maximum atomic E-state index is 10.9. The van der Waals surface area contributed by atoms with E-state index in [1.165, 1.54) is 23.5 Å². The number of likely N-dealkylation sites (N-methyl/N-ethyl adjacent to an activating group) is 1. The minimum absolute atomic E-state index is 0. The average Bonchev–Trinajstić information content (AvgIpc) is 2.94. The number of benzene rings is 1. The van der Waals surface area contributed by atoms with Gasteiger partial charge in [0.1, 0.15) is 16.7 Å². The molecule has 1 aromatic heterocycles. The quantitative estimate of drug-likeness (QED) is 0.509. The van der Waals surface area contributed by atoms with Crippen LogP contribution in [0.25, 0.3) is 0 Å². The first-order valence-corrected chi connectivity index (χ1v) is 8.91. The molecular formula is C14H14NNaO5S2. The summed E-state index contributed by atoms with van der Waals surface area (Å²) in [6, 6.07) is 5.82. The number of fused-ring (bicyclic) bond motifs is 1. The van der Waals surface area contributed by atoms with Crippen LogP contribution in [0.5, 0.6) is 11.5 Å². The predicted molar refractivity (Wildman–Crippen MR) is 81.9 cm³/mol.